The van der Waals surface area contributed by atoms with Gasteiger partial charge in [0.1, 0.15) is 17.4 Å². The average molecular weight is 362 g/mol. The molecule has 2 rings (SSSR count). The van der Waals surface area contributed by atoms with Crippen molar-refractivity contribution >= 4 is 33.3 Å². The Morgan fingerprint density at radius 2 is 1.90 bits per heavy atom. The second-order valence-electron chi connectivity index (χ2n) is 4.17. The molecular weight excluding hydrogens is 351 g/mol. The van der Waals surface area contributed by atoms with Gasteiger partial charge in [0, 0.05) is 16.2 Å². The van der Waals surface area contributed by atoms with Crippen molar-refractivity contribution in [3.63, 3.8) is 0 Å². The molecule has 0 aliphatic heterocycles. The maximum Gasteiger partial charge on any atom is 0.416 e. The zero-order valence-electron chi connectivity index (χ0n) is 10.8. The lowest BCUT2D eigenvalue weighted by Gasteiger charge is -2.12. The van der Waals surface area contributed by atoms with Crippen molar-refractivity contribution in [3.05, 3.63) is 40.4 Å². The quantitative estimate of drug-likeness (QED) is 0.859. The van der Waals surface area contributed by atoms with Gasteiger partial charge in [0.2, 0.25) is 0 Å². The van der Waals surface area contributed by atoms with Gasteiger partial charge in [-0.05, 0) is 24.3 Å². The summed E-state index contributed by atoms with van der Waals surface area (Å²) in [6.45, 7) is 0. The van der Waals surface area contributed by atoms with Gasteiger partial charge in [0.25, 0.3) is 0 Å². The SMILES string of the molecule is COc1cc(Br)cc(Nc2cc(C(F)(F)F)cc(N)n2)c1. The third-order valence-corrected chi connectivity index (χ3v) is 3.01. The summed E-state index contributed by atoms with van der Waals surface area (Å²) in [6.07, 6.45) is -4.48. The van der Waals surface area contributed by atoms with E-state index in [-0.39, 0.29) is 11.6 Å². The zero-order valence-corrected chi connectivity index (χ0v) is 12.4. The molecule has 0 atom stereocenters. The highest BCUT2D eigenvalue weighted by atomic mass is 79.9. The van der Waals surface area contributed by atoms with Gasteiger partial charge in [0.15, 0.2) is 0 Å². The van der Waals surface area contributed by atoms with E-state index < -0.39 is 11.7 Å². The normalized spacial score (nSPS) is 11.3. The number of halogens is 4. The second kappa shape index (κ2) is 5.80. The van der Waals surface area contributed by atoms with Gasteiger partial charge in [-0.15, -0.1) is 0 Å². The minimum atomic E-state index is -4.48. The highest BCUT2D eigenvalue weighted by molar-refractivity contribution is 9.10. The minimum Gasteiger partial charge on any atom is -0.497 e. The lowest BCUT2D eigenvalue weighted by molar-refractivity contribution is -0.137. The van der Waals surface area contributed by atoms with Crippen molar-refractivity contribution in [2.24, 2.45) is 0 Å². The zero-order chi connectivity index (χ0) is 15.6. The Balaban J connectivity index is 2.35. The van der Waals surface area contributed by atoms with E-state index in [9.17, 15) is 13.2 Å². The largest absolute Gasteiger partial charge is 0.497 e. The molecule has 1 heterocycles. The van der Waals surface area contributed by atoms with Gasteiger partial charge in [-0.25, -0.2) is 4.98 Å². The molecule has 3 N–H and O–H groups in total. The number of nitrogens with zero attached hydrogens (tertiary/aromatic N) is 1. The molecule has 0 fully saturated rings. The van der Waals surface area contributed by atoms with Crippen molar-refractivity contribution in [3.8, 4) is 5.75 Å². The van der Waals surface area contributed by atoms with Crippen molar-refractivity contribution in [2.45, 2.75) is 6.18 Å². The van der Waals surface area contributed by atoms with Crippen LogP contribution in [0.25, 0.3) is 0 Å². The molecule has 8 heteroatoms. The van der Waals surface area contributed by atoms with Crippen LogP contribution in [-0.2, 0) is 6.18 Å². The predicted octanol–water partition coefficient (Wildman–Crippen LogP) is 4.20. The molecule has 0 aliphatic rings. The van der Waals surface area contributed by atoms with Crippen LogP contribution in [0.3, 0.4) is 0 Å². The first-order chi connectivity index (χ1) is 9.77. The fraction of sp³-hybridized carbons (Fsp3) is 0.154. The lowest BCUT2D eigenvalue weighted by Crippen LogP contribution is -2.08. The maximum absolute atomic E-state index is 12.7. The standard InChI is InChI=1S/C13H11BrF3N3O/c1-21-10-5-8(14)4-9(6-10)19-12-3-7(13(15,16)17)2-11(18)20-12/h2-6H,1H3,(H3,18,19,20). The van der Waals surface area contributed by atoms with E-state index in [1.165, 1.54) is 7.11 Å². The summed E-state index contributed by atoms with van der Waals surface area (Å²) in [7, 11) is 1.49. The number of rotatable bonds is 3. The Labute approximate surface area is 127 Å². The highest BCUT2D eigenvalue weighted by Gasteiger charge is 2.31. The van der Waals surface area contributed by atoms with Gasteiger partial charge in [-0.2, -0.15) is 13.2 Å². The number of methoxy groups -OCH3 is 1. The van der Waals surface area contributed by atoms with Crippen LogP contribution >= 0.6 is 15.9 Å². The van der Waals surface area contributed by atoms with Crippen LogP contribution in [0.5, 0.6) is 5.75 Å². The summed E-state index contributed by atoms with van der Waals surface area (Å²) in [5.74, 6) is 0.337. The molecule has 0 saturated heterocycles. The summed E-state index contributed by atoms with van der Waals surface area (Å²) in [5.41, 5.74) is 5.07. The third-order valence-electron chi connectivity index (χ3n) is 2.55. The molecular formula is C13H11BrF3N3O. The van der Waals surface area contributed by atoms with Crippen LogP contribution in [0.1, 0.15) is 5.56 Å². The number of ether oxygens (including phenoxy) is 1. The summed E-state index contributed by atoms with van der Waals surface area (Å²) in [5, 5.41) is 2.77. The minimum absolute atomic E-state index is 0.00229. The van der Waals surface area contributed by atoms with E-state index in [0.717, 1.165) is 12.1 Å². The number of aromatic nitrogens is 1. The van der Waals surface area contributed by atoms with Crippen LogP contribution in [0.2, 0.25) is 0 Å². The third kappa shape index (κ3) is 4.01. The Kier molecular flexibility index (Phi) is 4.26. The first-order valence-electron chi connectivity index (χ1n) is 5.74. The fourth-order valence-electron chi connectivity index (χ4n) is 1.68. The molecule has 0 unspecified atom stereocenters. The van der Waals surface area contributed by atoms with E-state index in [0.29, 0.717) is 15.9 Å². The molecule has 0 aliphatic carbocycles. The Hall–Kier alpha value is -1.96. The molecule has 0 radical (unpaired) electrons. The molecule has 2 aromatic rings. The van der Waals surface area contributed by atoms with Crippen LogP contribution in [0.4, 0.5) is 30.5 Å². The van der Waals surface area contributed by atoms with E-state index in [2.05, 4.69) is 26.2 Å². The molecule has 0 amide bonds. The molecule has 4 nitrogen and oxygen atoms in total. The summed E-state index contributed by atoms with van der Waals surface area (Å²) < 4.78 is 44.0. The molecule has 1 aromatic carbocycles. The highest BCUT2D eigenvalue weighted by Crippen LogP contribution is 2.33. The van der Waals surface area contributed by atoms with Crippen LogP contribution < -0.4 is 15.8 Å². The summed E-state index contributed by atoms with van der Waals surface area (Å²) >= 11 is 3.28. The van der Waals surface area contributed by atoms with Crippen molar-refractivity contribution in [1.29, 1.82) is 0 Å². The molecule has 0 saturated carbocycles. The topological polar surface area (TPSA) is 60.2 Å². The summed E-state index contributed by atoms with van der Waals surface area (Å²) in [6, 6.07) is 6.71. The van der Waals surface area contributed by atoms with E-state index in [1.807, 2.05) is 0 Å². The number of nitrogens with one attached hydrogen (secondary N) is 1. The van der Waals surface area contributed by atoms with Gasteiger partial charge in [0.05, 0.1) is 12.7 Å². The number of benzene rings is 1. The van der Waals surface area contributed by atoms with Gasteiger partial charge in [-0.3, -0.25) is 0 Å². The van der Waals surface area contributed by atoms with Crippen LogP contribution in [-0.4, -0.2) is 12.1 Å². The van der Waals surface area contributed by atoms with Crippen molar-refractivity contribution in [2.75, 3.05) is 18.2 Å². The smallest absolute Gasteiger partial charge is 0.416 e. The summed E-state index contributed by atoms with van der Waals surface area (Å²) in [4.78, 5) is 3.84. The van der Waals surface area contributed by atoms with E-state index in [4.69, 9.17) is 10.5 Å². The second-order valence-corrected chi connectivity index (χ2v) is 5.08. The maximum atomic E-state index is 12.7. The van der Waals surface area contributed by atoms with E-state index >= 15 is 0 Å². The van der Waals surface area contributed by atoms with E-state index in [1.54, 1.807) is 18.2 Å². The van der Waals surface area contributed by atoms with Gasteiger partial charge in [-0.1, -0.05) is 15.9 Å². The van der Waals surface area contributed by atoms with Gasteiger partial charge >= 0.3 is 6.18 Å². The Morgan fingerprint density at radius 1 is 1.19 bits per heavy atom. The monoisotopic (exact) mass is 361 g/mol. The molecule has 1 aromatic heterocycles. The molecule has 0 bridgehead atoms. The number of anilines is 3. The number of pyridine rings is 1. The number of alkyl halides is 3. The average Bonchev–Trinajstić information content (AvgIpc) is 2.36. The Bertz CT molecular complexity index is 662. The fourth-order valence-corrected chi connectivity index (χ4v) is 2.15. The lowest BCUT2D eigenvalue weighted by atomic mass is 10.2. The molecule has 0 spiro atoms. The number of hydrogen-bond acceptors (Lipinski definition) is 4. The van der Waals surface area contributed by atoms with Crippen LogP contribution in [0, 0.1) is 0 Å². The first-order valence-corrected chi connectivity index (χ1v) is 6.53. The van der Waals surface area contributed by atoms with Crippen molar-refractivity contribution < 1.29 is 17.9 Å². The molecule has 112 valence electrons. The predicted molar refractivity (Wildman–Crippen MR) is 77.6 cm³/mol. The van der Waals surface area contributed by atoms with Crippen LogP contribution in [0.15, 0.2) is 34.8 Å². The number of nitrogens with two attached hydrogens (primary N) is 1. The van der Waals surface area contributed by atoms with Gasteiger partial charge < -0.3 is 15.8 Å². The number of nitrogen functional groups attached to an aromatic ring is 1. The van der Waals surface area contributed by atoms with Crippen molar-refractivity contribution in [1.82, 2.24) is 4.98 Å². The number of hydrogen-bond donors (Lipinski definition) is 2. The Morgan fingerprint density at radius 3 is 2.52 bits per heavy atom. The molecule has 21 heavy (non-hydrogen) atoms. The first kappa shape index (κ1) is 15.4.